The van der Waals surface area contributed by atoms with E-state index < -0.39 is 12.0 Å². The second kappa shape index (κ2) is 9.98. The molecule has 8 nitrogen and oxygen atoms in total. The lowest BCUT2D eigenvalue weighted by Crippen LogP contribution is -2.30. The molecular formula is C21H22ClN3O5. The van der Waals surface area contributed by atoms with Gasteiger partial charge < -0.3 is 19.5 Å². The van der Waals surface area contributed by atoms with Crippen molar-refractivity contribution >= 4 is 23.3 Å². The van der Waals surface area contributed by atoms with E-state index in [0.29, 0.717) is 46.7 Å². The second-order valence-corrected chi connectivity index (χ2v) is 6.58. The Morgan fingerprint density at radius 1 is 1.07 bits per heavy atom. The van der Waals surface area contributed by atoms with Gasteiger partial charge in [0.1, 0.15) is 5.75 Å². The van der Waals surface area contributed by atoms with Gasteiger partial charge in [0.15, 0.2) is 23.3 Å². The first-order chi connectivity index (χ1) is 14.5. The lowest BCUT2D eigenvalue weighted by Gasteiger charge is -2.15. The van der Waals surface area contributed by atoms with Crippen LogP contribution in [0, 0.1) is 0 Å². The average molecular weight is 432 g/mol. The number of hydrogen-bond acceptors (Lipinski definition) is 7. The molecule has 1 atom stereocenters. The molecule has 9 heteroatoms. The zero-order valence-corrected chi connectivity index (χ0v) is 17.6. The molecule has 30 heavy (non-hydrogen) atoms. The number of para-hydroxylation sites is 1. The highest BCUT2D eigenvalue weighted by Gasteiger charge is 2.22. The number of benzene rings is 2. The van der Waals surface area contributed by atoms with Crippen LogP contribution in [0.4, 0.5) is 5.82 Å². The van der Waals surface area contributed by atoms with Gasteiger partial charge in [0, 0.05) is 5.56 Å². The average Bonchev–Trinajstić information content (AvgIpc) is 3.19. The molecule has 2 aromatic carbocycles. The summed E-state index contributed by atoms with van der Waals surface area (Å²) in [5.41, 5.74) is 1.01. The summed E-state index contributed by atoms with van der Waals surface area (Å²) in [7, 11) is 0. The first-order valence-corrected chi connectivity index (χ1v) is 9.85. The molecule has 3 aromatic rings. The molecule has 0 aliphatic carbocycles. The summed E-state index contributed by atoms with van der Waals surface area (Å²) in [6.45, 7) is 6.36. The maximum absolute atomic E-state index is 12.6. The third-order valence-electron chi connectivity index (χ3n) is 4.06. The fourth-order valence-corrected chi connectivity index (χ4v) is 2.84. The van der Waals surface area contributed by atoms with Gasteiger partial charge in [-0.15, -0.1) is 0 Å². The molecule has 0 saturated carbocycles. The van der Waals surface area contributed by atoms with Gasteiger partial charge >= 0.3 is 0 Å². The van der Waals surface area contributed by atoms with Gasteiger partial charge in [-0.05, 0) is 61.4 Å². The van der Waals surface area contributed by atoms with Gasteiger partial charge in [-0.3, -0.25) is 4.79 Å². The molecule has 158 valence electrons. The van der Waals surface area contributed by atoms with Gasteiger partial charge in [0.05, 0.1) is 18.2 Å². The maximum Gasteiger partial charge on any atom is 0.266 e. The molecule has 0 radical (unpaired) electrons. The van der Waals surface area contributed by atoms with Crippen molar-refractivity contribution in [2.75, 3.05) is 18.5 Å². The quantitative estimate of drug-likeness (QED) is 0.529. The maximum atomic E-state index is 12.6. The Kier molecular flexibility index (Phi) is 7.13. The summed E-state index contributed by atoms with van der Waals surface area (Å²) in [5, 5.41) is 10.8. The summed E-state index contributed by atoms with van der Waals surface area (Å²) < 4.78 is 21.7. The van der Waals surface area contributed by atoms with E-state index in [1.807, 2.05) is 13.8 Å². The third kappa shape index (κ3) is 5.01. The Hall–Kier alpha value is -3.26. The Morgan fingerprint density at radius 2 is 1.80 bits per heavy atom. The molecule has 0 bridgehead atoms. The van der Waals surface area contributed by atoms with E-state index >= 15 is 0 Å². The molecule has 1 aromatic heterocycles. The van der Waals surface area contributed by atoms with Crippen LogP contribution < -0.4 is 19.5 Å². The van der Waals surface area contributed by atoms with Crippen molar-refractivity contribution < 1.29 is 23.6 Å². The van der Waals surface area contributed by atoms with E-state index in [1.54, 1.807) is 49.4 Å². The number of nitrogens with one attached hydrogen (secondary N) is 1. The number of hydrogen-bond donors (Lipinski definition) is 1. The van der Waals surface area contributed by atoms with Crippen molar-refractivity contribution in [3.8, 4) is 28.5 Å². The molecule has 3 rings (SSSR count). The van der Waals surface area contributed by atoms with E-state index in [-0.39, 0.29) is 5.82 Å². The van der Waals surface area contributed by atoms with E-state index in [0.717, 1.165) is 0 Å². The van der Waals surface area contributed by atoms with Gasteiger partial charge in [0.25, 0.3) is 5.91 Å². The van der Waals surface area contributed by atoms with Crippen LogP contribution in [-0.4, -0.2) is 35.5 Å². The van der Waals surface area contributed by atoms with Crippen LogP contribution in [0.2, 0.25) is 5.02 Å². The van der Waals surface area contributed by atoms with Crippen molar-refractivity contribution in [2.24, 2.45) is 0 Å². The number of aromatic nitrogens is 2. The largest absolute Gasteiger partial charge is 0.490 e. The van der Waals surface area contributed by atoms with E-state index in [2.05, 4.69) is 15.6 Å². The highest BCUT2D eigenvalue weighted by atomic mass is 35.5. The van der Waals surface area contributed by atoms with Crippen LogP contribution in [0.3, 0.4) is 0 Å². The predicted octanol–water partition coefficient (Wildman–Crippen LogP) is 4.59. The van der Waals surface area contributed by atoms with Crippen LogP contribution in [0.5, 0.6) is 17.2 Å². The summed E-state index contributed by atoms with van der Waals surface area (Å²) in [6.07, 6.45) is -0.825. The lowest BCUT2D eigenvalue weighted by atomic mass is 10.1. The van der Waals surface area contributed by atoms with Crippen molar-refractivity contribution in [1.29, 1.82) is 0 Å². The number of nitrogens with zero attached hydrogens (tertiary/aromatic N) is 2. The summed E-state index contributed by atoms with van der Waals surface area (Å²) in [6, 6.07) is 12.2. The van der Waals surface area contributed by atoms with Gasteiger partial charge in [-0.2, -0.15) is 0 Å². The molecular weight excluding hydrogens is 410 g/mol. The highest BCUT2D eigenvalue weighted by Crippen LogP contribution is 2.34. The Morgan fingerprint density at radius 3 is 2.53 bits per heavy atom. The van der Waals surface area contributed by atoms with Crippen LogP contribution >= 0.6 is 11.6 Å². The summed E-state index contributed by atoms with van der Waals surface area (Å²) >= 11 is 6.08. The van der Waals surface area contributed by atoms with Crippen molar-refractivity contribution in [3.05, 3.63) is 47.5 Å². The number of ether oxygens (including phenoxy) is 3. The monoisotopic (exact) mass is 431 g/mol. The number of anilines is 1. The van der Waals surface area contributed by atoms with E-state index in [9.17, 15) is 4.79 Å². The zero-order chi connectivity index (χ0) is 21.5. The van der Waals surface area contributed by atoms with Crippen LogP contribution in [0.25, 0.3) is 11.3 Å². The number of amides is 1. The van der Waals surface area contributed by atoms with Gasteiger partial charge in [0.2, 0.25) is 5.82 Å². The molecule has 0 aliphatic heterocycles. The first kappa shape index (κ1) is 21.4. The minimum Gasteiger partial charge on any atom is -0.490 e. The standard InChI is InChI=1S/C21H22ClN3O5/c1-4-27-17-11-10-14(12-18(17)28-5-2)19-20(25-30-24-19)23-21(26)13(3)29-16-9-7-6-8-15(16)22/h6-13H,4-5H2,1-3H3,(H,23,25,26)/t13-/m0/s1. The Bertz CT molecular complexity index is 1010. The van der Waals surface area contributed by atoms with Gasteiger partial charge in [-0.25, -0.2) is 4.63 Å². The molecule has 1 amide bonds. The number of halogens is 1. The minimum atomic E-state index is -0.825. The zero-order valence-electron chi connectivity index (χ0n) is 16.8. The molecule has 0 saturated heterocycles. The minimum absolute atomic E-state index is 0.168. The fourth-order valence-electron chi connectivity index (χ4n) is 2.66. The SMILES string of the molecule is CCOc1ccc(-c2nonc2NC(=O)[C@H](C)Oc2ccccc2Cl)cc1OCC. The predicted molar refractivity (Wildman–Crippen MR) is 112 cm³/mol. The Balaban J connectivity index is 1.77. The third-order valence-corrected chi connectivity index (χ3v) is 4.37. The molecule has 0 fully saturated rings. The molecule has 1 N–H and O–H groups in total. The Labute approximate surface area is 179 Å². The lowest BCUT2D eigenvalue weighted by molar-refractivity contribution is -0.122. The van der Waals surface area contributed by atoms with Crippen molar-refractivity contribution in [1.82, 2.24) is 10.3 Å². The van der Waals surface area contributed by atoms with Crippen molar-refractivity contribution in [2.45, 2.75) is 26.9 Å². The van der Waals surface area contributed by atoms with E-state index in [1.165, 1.54) is 0 Å². The van der Waals surface area contributed by atoms with Crippen LogP contribution in [0.15, 0.2) is 47.1 Å². The molecule has 0 aliphatic rings. The summed E-state index contributed by atoms with van der Waals surface area (Å²) in [5.74, 6) is 1.33. The number of rotatable bonds is 9. The normalized spacial score (nSPS) is 11.6. The topological polar surface area (TPSA) is 95.7 Å². The molecule has 0 spiro atoms. The fraction of sp³-hybridized carbons (Fsp3) is 0.286. The molecule has 1 heterocycles. The van der Waals surface area contributed by atoms with Crippen LogP contribution in [0.1, 0.15) is 20.8 Å². The molecule has 0 unspecified atom stereocenters. The smallest absolute Gasteiger partial charge is 0.266 e. The van der Waals surface area contributed by atoms with Crippen molar-refractivity contribution in [3.63, 3.8) is 0 Å². The number of carbonyl (C=O) groups is 1. The van der Waals surface area contributed by atoms with E-state index in [4.69, 9.17) is 30.4 Å². The highest BCUT2D eigenvalue weighted by molar-refractivity contribution is 6.32. The summed E-state index contributed by atoms with van der Waals surface area (Å²) in [4.78, 5) is 12.6. The van der Waals surface area contributed by atoms with Crippen LogP contribution in [-0.2, 0) is 4.79 Å². The number of carbonyl (C=O) groups excluding carboxylic acids is 1. The van der Waals surface area contributed by atoms with Gasteiger partial charge in [-0.1, -0.05) is 23.7 Å². The first-order valence-electron chi connectivity index (χ1n) is 9.48. The second-order valence-electron chi connectivity index (χ2n) is 6.17.